The average molecular weight is 292 g/mol. The highest BCUT2D eigenvalue weighted by molar-refractivity contribution is 5.89. The van der Waals surface area contributed by atoms with Gasteiger partial charge in [-0.1, -0.05) is 6.07 Å². The number of methoxy groups -OCH3 is 2. The monoisotopic (exact) mass is 292 g/mol. The van der Waals surface area contributed by atoms with Gasteiger partial charge < -0.3 is 20.1 Å². The number of benzene rings is 1. The van der Waals surface area contributed by atoms with E-state index in [0.717, 1.165) is 5.56 Å². The summed E-state index contributed by atoms with van der Waals surface area (Å²) in [6.45, 7) is 0.958. The molecule has 1 unspecified atom stereocenters. The molecule has 114 valence electrons. The molecule has 6 nitrogen and oxygen atoms in total. The van der Waals surface area contributed by atoms with Gasteiger partial charge in [-0.25, -0.2) is 0 Å². The van der Waals surface area contributed by atoms with Crippen molar-refractivity contribution in [3.8, 4) is 11.5 Å². The molecule has 0 radical (unpaired) electrons. The minimum absolute atomic E-state index is 0.0601. The van der Waals surface area contributed by atoms with Gasteiger partial charge in [-0.3, -0.25) is 9.59 Å². The fraction of sp³-hybridized carbons (Fsp3) is 0.467. The van der Waals surface area contributed by atoms with E-state index in [0.29, 0.717) is 31.0 Å². The van der Waals surface area contributed by atoms with E-state index in [2.05, 4.69) is 10.6 Å². The fourth-order valence-corrected chi connectivity index (χ4v) is 2.30. The molecule has 6 heteroatoms. The predicted molar refractivity (Wildman–Crippen MR) is 77.4 cm³/mol. The summed E-state index contributed by atoms with van der Waals surface area (Å²) in [4.78, 5) is 22.9. The highest BCUT2D eigenvalue weighted by atomic mass is 16.5. The second-order valence-electron chi connectivity index (χ2n) is 4.94. The van der Waals surface area contributed by atoms with E-state index in [4.69, 9.17) is 9.47 Å². The SMILES string of the molecule is COc1ccc(CCNC(=O)C2CNC(=O)C2)cc1OC. The van der Waals surface area contributed by atoms with Gasteiger partial charge in [0.2, 0.25) is 11.8 Å². The Bertz CT molecular complexity index is 530. The molecule has 1 atom stereocenters. The van der Waals surface area contributed by atoms with Gasteiger partial charge in [-0.15, -0.1) is 0 Å². The Hall–Kier alpha value is -2.24. The zero-order valence-corrected chi connectivity index (χ0v) is 12.3. The van der Waals surface area contributed by atoms with Crippen molar-refractivity contribution in [3.63, 3.8) is 0 Å². The van der Waals surface area contributed by atoms with E-state index in [1.807, 2.05) is 18.2 Å². The van der Waals surface area contributed by atoms with E-state index >= 15 is 0 Å². The molecule has 0 aromatic heterocycles. The summed E-state index contributed by atoms with van der Waals surface area (Å²) in [5.74, 6) is 0.972. The topological polar surface area (TPSA) is 76.7 Å². The van der Waals surface area contributed by atoms with Gasteiger partial charge in [0.1, 0.15) is 0 Å². The van der Waals surface area contributed by atoms with Crippen molar-refractivity contribution in [1.29, 1.82) is 0 Å². The van der Waals surface area contributed by atoms with Crippen LogP contribution in [0.1, 0.15) is 12.0 Å². The van der Waals surface area contributed by atoms with Gasteiger partial charge in [0.15, 0.2) is 11.5 Å². The maximum Gasteiger partial charge on any atom is 0.225 e. The first-order valence-corrected chi connectivity index (χ1v) is 6.89. The maximum atomic E-state index is 11.9. The third kappa shape index (κ3) is 3.87. The Balaban J connectivity index is 1.83. The molecule has 21 heavy (non-hydrogen) atoms. The minimum atomic E-state index is -0.247. The number of hydrogen-bond acceptors (Lipinski definition) is 4. The second-order valence-corrected chi connectivity index (χ2v) is 4.94. The molecule has 0 spiro atoms. The lowest BCUT2D eigenvalue weighted by Crippen LogP contribution is -2.33. The van der Waals surface area contributed by atoms with Crippen molar-refractivity contribution in [1.82, 2.24) is 10.6 Å². The van der Waals surface area contributed by atoms with Crippen molar-refractivity contribution in [2.24, 2.45) is 5.92 Å². The Kier molecular flexibility index (Phi) is 5.03. The third-order valence-corrected chi connectivity index (χ3v) is 3.51. The molecule has 0 aliphatic carbocycles. The number of amides is 2. The molecule has 1 saturated heterocycles. The first-order valence-electron chi connectivity index (χ1n) is 6.89. The maximum absolute atomic E-state index is 11.9. The van der Waals surface area contributed by atoms with Gasteiger partial charge in [0.25, 0.3) is 0 Å². The first-order chi connectivity index (χ1) is 10.1. The molecular formula is C15H20N2O4. The molecule has 0 bridgehead atoms. The van der Waals surface area contributed by atoms with Crippen LogP contribution < -0.4 is 20.1 Å². The van der Waals surface area contributed by atoms with Crippen LogP contribution in [0.5, 0.6) is 11.5 Å². The summed E-state index contributed by atoms with van der Waals surface area (Å²) >= 11 is 0. The van der Waals surface area contributed by atoms with Crippen LogP contribution in [0.3, 0.4) is 0 Å². The van der Waals surface area contributed by atoms with E-state index < -0.39 is 0 Å². The second kappa shape index (κ2) is 6.97. The zero-order valence-electron chi connectivity index (χ0n) is 12.3. The summed E-state index contributed by atoms with van der Waals surface area (Å²) in [7, 11) is 3.18. The van der Waals surface area contributed by atoms with Crippen LogP contribution in [-0.2, 0) is 16.0 Å². The molecule has 1 fully saturated rings. The van der Waals surface area contributed by atoms with Crippen molar-refractivity contribution < 1.29 is 19.1 Å². The van der Waals surface area contributed by atoms with Gasteiger partial charge >= 0.3 is 0 Å². The largest absolute Gasteiger partial charge is 0.493 e. The number of nitrogens with one attached hydrogen (secondary N) is 2. The van der Waals surface area contributed by atoms with Crippen LogP contribution in [0.15, 0.2) is 18.2 Å². The fourth-order valence-electron chi connectivity index (χ4n) is 2.30. The molecule has 0 saturated carbocycles. The summed E-state index contributed by atoms with van der Waals surface area (Å²) in [5, 5.41) is 5.51. The summed E-state index contributed by atoms with van der Waals surface area (Å²) in [5.41, 5.74) is 1.05. The van der Waals surface area contributed by atoms with Gasteiger partial charge in [-0.05, 0) is 24.1 Å². The smallest absolute Gasteiger partial charge is 0.225 e. The van der Waals surface area contributed by atoms with Crippen molar-refractivity contribution in [2.45, 2.75) is 12.8 Å². The van der Waals surface area contributed by atoms with E-state index in [-0.39, 0.29) is 24.2 Å². The van der Waals surface area contributed by atoms with Crippen LogP contribution in [0.2, 0.25) is 0 Å². The Labute approximate surface area is 123 Å². The van der Waals surface area contributed by atoms with Crippen LogP contribution in [0.25, 0.3) is 0 Å². The molecule has 2 N–H and O–H groups in total. The van der Waals surface area contributed by atoms with Crippen molar-refractivity contribution in [3.05, 3.63) is 23.8 Å². The van der Waals surface area contributed by atoms with Crippen molar-refractivity contribution >= 4 is 11.8 Å². The molecule has 1 aromatic carbocycles. The van der Waals surface area contributed by atoms with Gasteiger partial charge in [-0.2, -0.15) is 0 Å². The van der Waals surface area contributed by atoms with E-state index in [1.54, 1.807) is 14.2 Å². The molecular weight excluding hydrogens is 272 g/mol. The third-order valence-electron chi connectivity index (χ3n) is 3.51. The summed E-state index contributed by atoms with van der Waals surface area (Å²) < 4.78 is 10.4. The lowest BCUT2D eigenvalue weighted by atomic mass is 10.1. The van der Waals surface area contributed by atoms with Gasteiger partial charge in [0.05, 0.1) is 20.1 Å². The van der Waals surface area contributed by atoms with Crippen LogP contribution in [-0.4, -0.2) is 39.1 Å². The molecule has 2 amide bonds. The summed E-state index contributed by atoms with van der Waals surface area (Å²) in [6.07, 6.45) is 0.975. The molecule has 2 rings (SSSR count). The van der Waals surface area contributed by atoms with Crippen molar-refractivity contribution in [2.75, 3.05) is 27.3 Å². The van der Waals surface area contributed by atoms with Crippen LogP contribution >= 0.6 is 0 Å². The highest BCUT2D eigenvalue weighted by Crippen LogP contribution is 2.27. The Morgan fingerprint density at radius 2 is 2.10 bits per heavy atom. The van der Waals surface area contributed by atoms with E-state index in [9.17, 15) is 9.59 Å². The summed E-state index contributed by atoms with van der Waals surface area (Å²) in [6, 6.07) is 5.68. The lowest BCUT2D eigenvalue weighted by molar-refractivity contribution is -0.126. The Morgan fingerprint density at radius 1 is 1.33 bits per heavy atom. The lowest BCUT2D eigenvalue weighted by Gasteiger charge is -2.11. The van der Waals surface area contributed by atoms with Crippen LogP contribution in [0.4, 0.5) is 0 Å². The predicted octanol–water partition coefficient (Wildman–Crippen LogP) is 0.499. The molecule has 1 aliphatic rings. The molecule has 1 heterocycles. The molecule has 1 aromatic rings. The average Bonchev–Trinajstić information content (AvgIpc) is 2.93. The number of carbonyl (C=O) groups is 2. The minimum Gasteiger partial charge on any atom is -0.493 e. The standard InChI is InChI=1S/C15H20N2O4/c1-20-12-4-3-10(7-13(12)21-2)5-6-16-15(19)11-8-14(18)17-9-11/h3-4,7,11H,5-6,8-9H2,1-2H3,(H,16,19)(H,17,18). The number of hydrogen-bond donors (Lipinski definition) is 2. The van der Waals surface area contributed by atoms with Gasteiger partial charge in [0, 0.05) is 19.5 Å². The zero-order chi connectivity index (χ0) is 15.2. The molecule has 1 aliphatic heterocycles. The number of rotatable bonds is 6. The quantitative estimate of drug-likeness (QED) is 0.800. The number of ether oxygens (including phenoxy) is 2. The Morgan fingerprint density at radius 3 is 2.71 bits per heavy atom. The number of carbonyl (C=O) groups excluding carboxylic acids is 2. The normalized spacial score (nSPS) is 17.2. The van der Waals surface area contributed by atoms with E-state index in [1.165, 1.54) is 0 Å². The first kappa shape index (κ1) is 15.2. The highest BCUT2D eigenvalue weighted by Gasteiger charge is 2.27. The van der Waals surface area contributed by atoms with Crippen LogP contribution in [0, 0.1) is 5.92 Å².